The van der Waals surface area contributed by atoms with Crippen LogP contribution in [0.25, 0.3) is 10.2 Å². The first-order valence-corrected chi connectivity index (χ1v) is 10.0. The van der Waals surface area contributed by atoms with E-state index in [0.717, 1.165) is 15.8 Å². The highest BCUT2D eigenvalue weighted by molar-refractivity contribution is 7.22. The first kappa shape index (κ1) is 20.9. The highest BCUT2D eigenvalue weighted by Crippen LogP contribution is 2.44. The van der Waals surface area contributed by atoms with Gasteiger partial charge in [0.05, 0.1) is 22.1 Å². The molecule has 3 aromatic heterocycles. The van der Waals surface area contributed by atoms with Gasteiger partial charge in [0.1, 0.15) is 17.6 Å². The number of hydrogen-bond donors (Lipinski definition) is 1. The summed E-state index contributed by atoms with van der Waals surface area (Å²) in [6.45, 7) is 3.69. The minimum atomic E-state index is -0.952. The molecule has 0 aliphatic carbocycles. The zero-order valence-corrected chi connectivity index (χ0v) is 18.1. The van der Waals surface area contributed by atoms with E-state index in [1.807, 2.05) is 25.1 Å². The standard InChI is InChI=1S/C22H16N2O5S.ClH/c1-11-5-7-13-16(10-11)30-22(23-13)24-18(14-4-3-9-28-14)17(20(26)21(24)27)19(25)15-8-6-12(2)29-15;/h3-10,18,26H,1-2H3;1H. The van der Waals surface area contributed by atoms with Crippen LogP contribution in [-0.4, -0.2) is 21.8 Å². The van der Waals surface area contributed by atoms with Gasteiger partial charge in [0.2, 0.25) is 5.78 Å². The van der Waals surface area contributed by atoms with E-state index < -0.39 is 23.5 Å². The van der Waals surface area contributed by atoms with Gasteiger partial charge in [0.25, 0.3) is 5.91 Å². The topological polar surface area (TPSA) is 96.8 Å². The third-order valence-corrected chi connectivity index (χ3v) is 5.99. The first-order chi connectivity index (χ1) is 14.4. The van der Waals surface area contributed by atoms with Gasteiger partial charge in [0.15, 0.2) is 16.7 Å². The summed E-state index contributed by atoms with van der Waals surface area (Å²) in [6, 6.07) is 11.3. The molecule has 1 aliphatic heterocycles. The van der Waals surface area contributed by atoms with E-state index in [1.165, 1.54) is 28.6 Å². The van der Waals surface area contributed by atoms with Gasteiger partial charge in [-0.05, 0) is 55.8 Å². The van der Waals surface area contributed by atoms with Gasteiger partial charge in [0, 0.05) is 0 Å². The number of fused-ring (bicyclic) bond motifs is 1. The summed E-state index contributed by atoms with van der Waals surface area (Å²) in [7, 11) is 0. The molecule has 0 saturated heterocycles. The molecule has 0 bridgehead atoms. The van der Waals surface area contributed by atoms with Crippen molar-refractivity contribution in [2.24, 2.45) is 0 Å². The number of anilines is 1. The van der Waals surface area contributed by atoms with E-state index in [0.29, 0.717) is 16.7 Å². The number of aliphatic hydroxyl groups is 1. The van der Waals surface area contributed by atoms with Crippen molar-refractivity contribution < 1.29 is 23.5 Å². The second-order valence-electron chi connectivity index (χ2n) is 7.06. The Balaban J connectivity index is 0.00000231. The number of Topliss-reactive ketones (excluding diaryl/α,β-unsaturated/α-hetero) is 1. The number of aliphatic hydroxyl groups excluding tert-OH is 1. The molecule has 31 heavy (non-hydrogen) atoms. The Kier molecular flexibility index (Phi) is 5.20. The molecule has 1 unspecified atom stereocenters. The number of carbonyl (C=O) groups is 2. The normalized spacial score (nSPS) is 16.3. The quantitative estimate of drug-likeness (QED) is 0.418. The van der Waals surface area contributed by atoms with Crippen LogP contribution >= 0.6 is 23.7 Å². The van der Waals surface area contributed by atoms with Crippen molar-refractivity contribution in [2.45, 2.75) is 19.9 Å². The van der Waals surface area contributed by atoms with Gasteiger partial charge >= 0.3 is 0 Å². The lowest BCUT2D eigenvalue weighted by molar-refractivity contribution is -0.117. The number of benzene rings is 1. The van der Waals surface area contributed by atoms with Crippen molar-refractivity contribution in [1.82, 2.24) is 4.98 Å². The molecule has 158 valence electrons. The number of aromatic nitrogens is 1. The molecule has 7 nitrogen and oxygen atoms in total. The number of thiazole rings is 1. The molecule has 0 fully saturated rings. The molecule has 1 N–H and O–H groups in total. The number of rotatable bonds is 4. The van der Waals surface area contributed by atoms with Crippen LogP contribution in [-0.2, 0) is 4.79 Å². The number of hydrogen-bond acceptors (Lipinski definition) is 7. The third-order valence-electron chi connectivity index (χ3n) is 4.97. The molecule has 0 saturated carbocycles. The fourth-order valence-electron chi connectivity index (χ4n) is 3.56. The maximum atomic E-state index is 13.2. The summed E-state index contributed by atoms with van der Waals surface area (Å²) in [5.74, 6) is -0.982. The van der Waals surface area contributed by atoms with Crippen LogP contribution in [0.2, 0.25) is 0 Å². The fourth-order valence-corrected chi connectivity index (χ4v) is 4.65. The molecule has 4 heterocycles. The number of halogens is 1. The minimum Gasteiger partial charge on any atom is -0.503 e. The van der Waals surface area contributed by atoms with E-state index in [9.17, 15) is 14.7 Å². The zero-order valence-electron chi connectivity index (χ0n) is 16.5. The number of carbonyl (C=O) groups excluding carboxylic acids is 2. The Morgan fingerprint density at radius 3 is 2.68 bits per heavy atom. The average Bonchev–Trinajstić information content (AvgIpc) is 3.49. The predicted molar refractivity (Wildman–Crippen MR) is 118 cm³/mol. The molecule has 9 heteroatoms. The van der Waals surface area contributed by atoms with Crippen molar-refractivity contribution in [2.75, 3.05) is 4.90 Å². The van der Waals surface area contributed by atoms with Crippen molar-refractivity contribution in [3.63, 3.8) is 0 Å². The maximum absolute atomic E-state index is 13.2. The Morgan fingerprint density at radius 2 is 2.00 bits per heavy atom. The molecule has 0 radical (unpaired) electrons. The molecule has 0 spiro atoms. The van der Waals surface area contributed by atoms with Gasteiger partial charge < -0.3 is 13.9 Å². The van der Waals surface area contributed by atoms with Gasteiger partial charge in [-0.25, -0.2) is 4.98 Å². The van der Waals surface area contributed by atoms with E-state index in [2.05, 4.69) is 4.98 Å². The Morgan fingerprint density at radius 1 is 1.19 bits per heavy atom. The van der Waals surface area contributed by atoms with Crippen LogP contribution in [0, 0.1) is 13.8 Å². The van der Waals surface area contributed by atoms with Crippen molar-refractivity contribution in [3.8, 4) is 0 Å². The van der Waals surface area contributed by atoms with Crippen LogP contribution in [0.3, 0.4) is 0 Å². The molecule has 1 aliphatic rings. The van der Waals surface area contributed by atoms with Crippen LogP contribution in [0.5, 0.6) is 0 Å². The summed E-state index contributed by atoms with van der Waals surface area (Å²) < 4.78 is 11.9. The number of ketones is 1. The van der Waals surface area contributed by atoms with Crippen molar-refractivity contribution >= 4 is 50.8 Å². The number of amides is 1. The van der Waals surface area contributed by atoms with Gasteiger partial charge in [-0.1, -0.05) is 17.4 Å². The van der Waals surface area contributed by atoms with E-state index >= 15 is 0 Å². The summed E-state index contributed by atoms with van der Waals surface area (Å²) in [5, 5.41) is 11.0. The molecule has 1 atom stereocenters. The van der Waals surface area contributed by atoms with Gasteiger partial charge in [-0.15, -0.1) is 12.4 Å². The Labute approximate surface area is 187 Å². The SMILES string of the molecule is Cc1ccc2nc(N3C(=O)C(O)=C(C(=O)c4ccc(C)o4)C3c3ccco3)sc2c1.Cl. The lowest BCUT2D eigenvalue weighted by Crippen LogP contribution is -2.30. The summed E-state index contributed by atoms with van der Waals surface area (Å²) >= 11 is 1.31. The van der Waals surface area contributed by atoms with Crippen molar-refractivity contribution in [1.29, 1.82) is 0 Å². The second kappa shape index (κ2) is 7.72. The molecule has 4 aromatic rings. The molecular weight excluding hydrogens is 440 g/mol. The second-order valence-corrected chi connectivity index (χ2v) is 8.07. The number of nitrogens with zero attached hydrogens (tertiary/aromatic N) is 2. The largest absolute Gasteiger partial charge is 0.503 e. The minimum absolute atomic E-state index is 0. The van der Waals surface area contributed by atoms with Crippen LogP contribution in [0.15, 0.2) is 68.9 Å². The first-order valence-electron chi connectivity index (χ1n) is 9.22. The predicted octanol–water partition coefficient (Wildman–Crippen LogP) is 5.30. The molecule has 1 amide bonds. The van der Waals surface area contributed by atoms with Crippen LogP contribution < -0.4 is 4.90 Å². The van der Waals surface area contributed by atoms with E-state index in [-0.39, 0.29) is 23.7 Å². The summed E-state index contributed by atoms with van der Waals surface area (Å²) in [6.07, 6.45) is 1.45. The molecular formula is C22H17ClN2O5S. The number of furan rings is 2. The molecule has 1 aromatic carbocycles. The maximum Gasteiger partial charge on any atom is 0.296 e. The monoisotopic (exact) mass is 456 g/mol. The number of aryl methyl sites for hydroxylation is 2. The van der Waals surface area contributed by atoms with Crippen molar-refractivity contribution in [3.05, 3.63) is 82.9 Å². The summed E-state index contributed by atoms with van der Waals surface area (Å²) in [4.78, 5) is 32.1. The van der Waals surface area contributed by atoms with E-state index in [4.69, 9.17) is 8.83 Å². The van der Waals surface area contributed by atoms with Gasteiger partial charge in [-0.3, -0.25) is 14.5 Å². The van der Waals surface area contributed by atoms with Crippen LogP contribution in [0.4, 0.5) is 5.13 Å². The van der Waals surface area contributed by atoms with Crippen LogP contribution in [0.1, 0.15) is 33.7 Å². The molecule has 5 rings (SSSR count). The smallest absolute Gasteiger partial charge is 0.296 e. The highest BCUT2D eigenvalue weighted by Gasteiger charge is 2.47. The Bertz CT molecular complexity index is 1340. The van der Waals surface area contributed by atoms with E-state index in [1.54, 1.807) is 25.1 Å². The third kappa shape index (κ3) is 3.34. The average molecular weight is 457 g/mol. The zero-order chi connectivity index (χ0) is 21.0. The Hall–Kier alpha value is -3.36. The lowest BCUT2D eigenvalue weighted by Gasteiger charge is -2.21. The van der Waals surface area contributed by atoms with Gasteiger partial charge in [-0.2, -0.15) is 0 Å². The summed E-state index contributed by atoms with van der Waals surface area (Å²) in [5.41, 5.74) is 1.70. The fraction of sp³-hybridized carbons (Fsp3) is 0.136. The lowest BCUT2D eigenvalue weighted by atomic mass is 10.00. The highest BCUT2D eigenvalue weighted by atomic mass is 35.5.